The third-order valence-corrected chi connectivity index (χ3v) is 2.79. The van der Waals surface area contributed by atoms with Gasteiger partial charge in [-0.05, 0) is 0 Å². The van der Waals surface area contributed by atoms with Crippen molar-refractivity contribution in [2.75, 3.05) is 0 Å². The first-order valence-corrected chi connectivity index (χ1v) is 5.81. The molecule has 0 unspecified atom stereocenters. The zero-order chi connectivity index (χ0) is 15.0. The molecule has 0 amide bonds. The maximum absolute atomic E-state index is 11.3. The van der Waals surface area contributed by atoms with E-state index in [-0.39, 0.29) is 23.1 Å². The Kier molecular flexibility index (Phi) is 3.26. The van der Waals surface area contributed by atoms with Gasteiger partial charge in [0, 0.05) is 19.2 Å². The van der Waals surface area contributed by atoms with Crippen LogP contribution in [-0.4, -0.2) is 35.3 Å². The Morgan fingerprint density at radius 2 is 2.15 bits per heavy atom. The molecule has 0 fully saturated rings. The molecule has 20 heavy (non-hydrogen) atoms. The monoisotopic (exact) mass is 279 g/mol. The van der Waals surface area contributed by atoms with Gasteiger partial charge in [0.25, 0.3) is 0 Å². The maximum Gasteiger partial charge on any atom is 0.356 e. The molecule has 106 valence electrons. The summed E-state index contributed by atoms with van der Waals surface area (Å²) in [5.41, 5.74) is 0.0153. The van der Waals surface area contributed by atoms with Crippen LogP contribution in [0.3, 0.4) is 0 Å². The second-order valence-electron chi connectivity index (χ2n) is 4.56. The first-order valence-electron chi connectivity index (χ1n) is 5.81. The predicted octanol–water partition coefficient (Wildman–Crippen LogP) is 1.34. The number of hydrogen-bond donors (Lipinski definition) is 1. The van der Waals surface area contributed by atoms with E-state index in [1.165, 1.54) is 21.8 Å². The molecule has 0 bridgehead atoms. The van der Waals surface area contributed by atoms with Crippen molar-refractivity contribution in [1.82, 2.24) is 19.3 Å². The van der Waals surface area contributed by atoms with E-state index in [1.54, 1.807) is 20.9 Å². The fourth-order valence-corrected chi connectivity index (χ4v) is 1.93. The summed E-state index contributed by atoms with van der Waals surface area (Å²) in [5.74, 6) is -1.14. The van der Waals surface area contributed by atoms with Gasteiger partial charge in [0.1, 0.15) is 12.0 Å². The molecule has 9 heteroatoms. The summed E-state index contributed by atoms with van der Waals surface area (Å²) >= 11 is 0. The molecule has 0 aliphatic rings. The lowest BCUT2D eigenvalue weighted by Crippen LogP contribution is -2.04. The van der Waals surface area contributed by atoms with Gasteiger partial charge in [-0.25, -0.2) is 14.5 Å². The van der Waals surface area contributed by atoms with E-state index in [1.807, 2.05) is 0 Å². The quantitative estimate of drug-likeness (QED) is 0.666. The van der Waals surface area contributed by atoms with Gasteiger partial charge in [-0.3, -0.25) is 14.7 Å². The number of carboxylic acid groups (broad SMARTS) is 1. The molecule has 0 spiro atoms. The van der Waals surface area contributed by atoms with E-state index >= 15 is 0 Å². The van der Waals surface area contributed by atoms with E-state index in [9.17, 15) is 14.9 Å². The Labute approximate surface area is 113 Å². The van der Waals surface area contributed by atoms with Crippen molar-refractivity contribution in [3.05, 3.63) is 34.0 Å². The van der Waals surface area contributed by atoms with Gasteiger partial charge < -0.3 is 5.11 Å². The normalized spacial score (nSPS) is 11.0. The smallest absolute Gasteiger partial charge is 0.356 e. The minimum atomic E-state index is -1.20. The molecule has 0 atom stereocenters. The summed E-state index contributed by atoms with van der Waals surface area (Å²) in [6, 6.07) is 0. The first-order chi connectivity index (χ1) is 9.32. The third kappa shape index (κ3) is 2.13. The Morgan fingerprint density at radius 3 is 2.60 bits per heavy atom. The van der Waals surface area contributed by atoms with Crippen LogP contribution in [0, 0.1) is 10.1 Å². The molecule has 1 N–H and O–H groups in total. The van der Waals surface area contributed by atoms with Crippen LogP contribution < -0.4 is 0 Å². The molecular formula is C11H13N5O4. The lowest BCUT2D eigenvalue weighted by molar-refractivity contribution is -0.385. The SMILES string of the molecule is CC(C)c1nn(C)c(-n2cnc(C(=O)O)c2)c1[N+](=O)[O-]. The average Bonchev–Trinajstić information content (AvgIpc) is 2.92. The highest BCUT2D eigenvalue weighted by Crippen LogP contribution is 2.31. The van der Waals surface area contributed by atoms with E-state index in [0.29, 0.717) is 5.69 Å². The fourth-order valence-electron chi connectivity index (χ4n) is 1.93. The second kappa shape index (κ2) is 4.76. The lowest BCUT2D eigenvalue weighted by atomic mass is 10.1. The molecule has 0 saturated heterocycles. The predicted molar refractivity (Wildman–Crippen MR) is 68.0 cm³/mol. The highest BCUT2D eigenvalue weighted by Gasteiger charge is 2.29. The molecule has 9 nitrogen and oxygen atoms in total. The molecule has 2 rings (SSSR count). The summed E-state index contributed by atoms with van der Waals surface area (Å²) in [6.45, 7) is 3.60. The number of imidazole rings is 1. The minimum absolute atomic E-state index is 0.127. The van der Waals surface area contributed by atoms with Gasteiger partial charge >= 0.3 is 11.7 Å². The van der Waals surface area contributed by atoms with Gasteiger partial charge in [-0.15, -0.1) is 0 Å². The van der Waals surface area contributed by atoms with Crippen LogP contribution in [0.25, 0.3) is 5.82 Å². The fraction of sp³-hybridized carbons (Fsp3) is 0.364. The summed E-state index contributed by atoms with van der Waals surface area (Å²) < 4.78 is 2.64. The standard InChI is InChI=1S/C11H13N5O4/c1-6(2)8-9(16(19)20)10(14(3)13-8)15-4-7(11(17)18)12-5-15/h4-6H,1-3H3,(H,17,18). The molecule has 0 saturated carbocycles. The van der Waals surface area contributed by atoms with Crippen LogP contribution in [0.4, 0.5) is 5.69 Å². The van der Waals surface area contributed by atoms with E-state index < -0.39 is 10.9 Å². The van der Waals surface area contributed by atoms with Crippen molar-refractivity contribution in [1.29, 1.82) is 0 Å². The molecule has 2 aromatic heterocycles. The Balaban J connectivity index is 2.66. The topological polar surface area (TPSA) is 116 Å². The van der Waals surface area contributed by atoms with Crippen LogP contribution >= 0.6 is 0 Å². The Bertz CT molecular complexity index is 685. The van der Waals surface area contributed by atoms with Crippen molar-refractivity contribution in [3.63, 3.8) is 0 Å². The molecule has 2 heterocycles. The summed E-state index contributed by atoms with van der Waals surface area (Å²) in [4.78, 5) is 25.3. The van der Waals surface area contributed by atoms with Crippen LogP contribution in [0.15, 0.2) is 12.5 Å². The van der Waals surface area contributed by atoms with Crippen LogP contribution in [0.1, 0.15) is 35.9 Å². The highest BCUT2D eigenvalue weighted by atomic mass is 16.6. The van der Waals surface area contributed by atoms with E-state index in [2.05, 4.69) is 10.1 Å². The van der Waals surface area contributed by atoms with E-state index in [4.69, 9.17) is 5.11 Å². The molecule has 0 aliphatic heterocycles. The number of rotatable bonds is 4. The molecule has 0 aliphatic carbocycles. The minimum Gasteiger partial charge on any atom is -0.476 e. The summed E-state index contributed by atoms with van der Waals surface area (Å²) in [7, 11) is 1.56. The Hall–Kier alpha value is -2.71. The number of carbonyl (C=O) groups is 1. The van der Waals surface area contributed by atoms with Crippen LogP contribution in [0.5, 0.6) is 0 Å². The summed E-state index contributed by atoms with van der Waals surface area (Å²) in [5, 5.41) is 24.3. The highest BCUT2D eigenvalue weighted by molar-refractivity contribution is 5.85. The number of nitro groups is 1. The van der Waals surface area contributed by atoms with Crippen molar-refractivity contribution < 1.29 is 14.8 Å². The van der Waals surface area contributed by atoms with Crippen molar-refractivity contribution in [3.8, 4) is 5.82 Å². The Morgan fingerprint density at radius 1 is 1.50 bits per heavy atom. The number of aromatic carboxylic acids is 1. The first kappa shape index (κ1) is 13.7. The van der Waals surface area contributed by atoms with Crippen molar-refractivity contribution in [2.24, 2.45) is 7.05 Å². The average molecular weight is 279 g/mol. The van der Waals surface area contributed by atoms with Crippen molar-refractivity contribution >= 4 is 11.7 Å². The van der Waals surface area contributed by atoms with Crippen LogP contribution in [0.2, 0.25) is 0 Å². The second-order valence-corrected chi connectivity index (χ2v) is 4.56. The molecular weight excluding hydrogens is 266 g/mol. The zero-order valence-corrected chi connectivity index (χ0v) is 11.1. The molecule has 2 aromatic rings. The van der Waals surface area contributed by atoms with Gasteiger partial charge in [-0.2, -0.15) is 5.10 Å². The number of nitrogens with zero attached hydrogens (tertiary/aromatic N) is 5. The van der Waals surface area contributed by atoms with Gasteiger partial charge in [0.2, 0.25) is 5.82 Å². The maximum atomic E-state index is 11.3. The number of hydrogen-bond acceptors (Lipinski definition) is 5. The van der Waals surface area contributed by atoms with Gasteiger partial charge in [0.15, 0.2) is 5.69 Å². The zero-order valence-electron chi connectivity index (χ0n) is 11.1. The van der Waals surface area contributed by atoms with Gasteiger partial charge in [-0.1, -0.05) is 13.8 Å². The largest absolute Gasteiger partial charge is 0.476 e. The molecule has 0 aromatic carbocycles. The number of aromatic nitrogens is 4. The van der Waals surface area contributed by atoms with E-state index in [0.717, 1.165) is 0 Å². The molecule has 0 radical (unpaired) electrons. The summed E-state index contributed by atoms with van der Waals surface area (Å²) in [6.07, 6.45) is 2.44. The van der Waals surface area contributed by atoms with Crippen molar-refractivity contribution in [2.45, 2.75) is 19.8 Å². The lowest BCUT2D eigenvalue weighted by Gasteiger charge is -2.01. The van der Waals surface area contributed by atoms with Crippen LogP contribution in [-0.2, 0) is 7.05 Å². The number of carboxylic acids is 1. The van der Waals surface area contributed by atoms with Gasteiger partial charge in [0.05, 0.1) is 4.92 Å². The third-order valence-electron chi connectivity index (χ3n) is 2.79. The number of aryl methyl sites for hydroxylation is 1.